The van der Waals surface area contributed by atoms with E-state index in [0.29, 0.717) is 5.82 Å². The SMILES string of the molecule is c1ccc(-c2ccc(-c3cc(-c4cccc(-c5cccc6ccccc56)c4)nc(-c4cnc[nH]4)n3)cc2)cc1. The standard InChI is InChI=1S/C35H24N4/c1-2-8-24(9-3-1)25-16-18-27(19-17-25)32-21-33(39-35(38-32)34-22-36-23-37-34)29-13-6-12-28(20-29)31-15-7-11-26-10-4-5-14-30(26)31/h1-23H,(H,36,37). The molecule has 0 saturated carbocycles. The number of aromatic nitrogens is 4. The molecule has 0 aliphatic rings. The maximum absolute atomic E-state index is 4.95. The van der Waals surface area contributed by atoms with Crippen LogP contribution < -0.4 is 0 Å². The summed E-state index contributed by atoms with van der Waals surface area (Å²) in [5.74, 6) is 0.614. The molecule has 0 aliphatic carbocycles. The minimum atomic E-state index is 0.614. The fourth-order valence-corrected chi connectivity index (χ4v) is 5.03. The van der Waals surface area contributed by atoms with Gasteiger partial charge in [-0.25, -0.2) is 15.0 Å². The molecule has 0 saturated heterocycles. The van der Waals surface area contributed by atoms with Crippen LogP contribution in [0.2, 0.25) is 0 Å². The fraction of sp³-hybridized carbons (Fsp3) is 0. The molecular weight excluding hydrogens is 476 g/mol. The van der Waals surface area contributed by atoms with E-state index in [9.17, 15) is 0 Å². The van der Waals surface area contributed by atoms with E-state index in [2.05, 4.69) is 131 Å². The second kappa shape index (κ2) is 9.84. The predicted molar refractivity (Wildman–Crippen MR) is 159 cm³/mol. The number of hydrogen-bond acceptors (Lipinski definition) is 3. The van der Waals surface area contributed by atoms with Gasteiger partial charge in [0.05, 0.1) is 23.9 Å². The third-order valence-electron chi connectivity index (χ3n) is 7.01. The lowest BCUT2D eigenvalue weighted by Gasteiger charge is -2.11. The van der Waals surface area contributed by atoms with Crippen LogP contribution >= 0.6 is 0 Å². The summed E-state index contributed by atoms with van der Waals surface area (Å²) < 4.78 is 0. The molecule has 0 atom stereocenters. The van der Waals surface area contributed by atoms with Crippen LogP contribution in [-0.4, -0.2) is 19.9 Å². The van der Waals surface area contributed by atoms with Crippen LogP contribution in [0.25, 0.3) is 67.1 Å². The summed E-state index contributed by atoms with van der Waals surface area (Å²) in [6.45, 7) is 0. The van der Waals surface area contributed by atoms with Gasteiger partial charge in [0.15, 0.2) is 5.82 Å². The molecule has 0 unspecified atom stereocenters. The Hall–Kier alpha value is -5.35. The van der Waals surface area contributed by atoms with Crippen molar-refractivity contribution in [3.8, 4) is 56.3 Å². The van der Waals surface area contributed by atoms with Crippen molar-refractivity contribution < 1.29 is 0 Å². The van der Waals surface area contributed by atoms with Crippen LogP contribution in [0.15, 0.2) is 140 Å². The number of imidazole rings is 1. The van der Waals surface area contributed by atoms with Crippen molar-refractivity contribution in [1.82, 2.24) is 19.9 Å². The molecule has 39 heavy (non-hydrogen) atoms. The number of hydrogen-bond donors (Lipinski definition) is 1. The van der Waals surface area contributed by atoms with E-state index in [-0.39, 0.29) is 0 Å². The Balaban J connectivity index is 1.33. The molecule has 7 aromatic rings. The Labute approximate surface area is 226 Å². The van der Waals surface area contributed by atoms with E-state index in [1.54, 1.807) is 12.5 Å². The summed E-state index contributed by atoms with van der Waals surface area (Å²) in [5.41, 5.74) is 9.29. The molecule has 4 nitrogen and oxygen atoms in total. The molecular formula is C35H24N4. The van der Waals surface area contributed by atoms with Gasteiger partial charge in [-0.05, 0) is 45.2 Å². The van der Waals surface area contributed by atoms with Crippen LogP contribution in [0.3, 0.4) is 0 Å². The Morgan fingerprint density at radius 2 is 1.13 bits per heavy atom. The zero-order valence-electron chi connectivity index (χ0n) is 21.1. The molecule has 0 bridgehead atoms. The maximum Gasteiger partial charge on any atom is 0.178 e. The molecule has 7 rings (SSSR count). The lowest BCUT2D eigenvalue weighted by molar-refractivity contribution is 1.16. The van der Waals surface area contributed by atoms with E-state index in [1.807, 2.05) is 6.07 Å². The first-order chi connectivity index (χ1) is 19.3. The molecule has 0 spiro atoms. The zero-order valence-corrected chi connectivity index (χ0v) is 21.1. The highest BCUT2D eigenvalue weighted by molar-refractivity contribution is 5.97. The second-order valence-electron chi connectivity index (χ2n) is 9.48. The quantitative estimate of drug-likeness (QED) is 0.257. The topological polar surface area (TPSA) is 54.5 Å². The molecule has 2 aromatic heterocycles. The zero-order chi connectivity index (χ0) is 26.0. The molecule has 0 fully saturated rings. The van der Waals surface area contributed by atoms with Gasteiger partial charge >= 0.3 is 0 Å². The number of benzene rings is 5. The van der Waals surface area contributed by atoms with Crippen molar-refractivity contribution in [2.24, 2.45) is 0 Å². The number of aromatic amines is 1. The summed E-state index contributed by atoms with van der Waals surface area (Å²) >= 11 is 0. The Morgan fingerprint density at radius 1 is 0.487 bits per heavy atom. The predicted octanol–water partition coefficient (Wildman–Crippen LogP) is 8.69. The lowest BCUT2D eigenvalue weighted by atomic mass is 9.96. The average Bonchev–Trinajstić information content (AvgIpc) is 3.57. The molecule has 0 aliphatic heterocycles. The third kappa shape index (κ3) is 4.49. The van der Waals surface area contributed by atoms with Crippen LogP contribution in [0.4, 0.5) is 0 Å². The monoisotopic (exact) mass is 500 g/mol. The van der Waals surface area contributed by atoms with E-state index < -0.39 is 0 Å². The van der Waals surface area contributed by atoms with Crippen LogP contribution in [-0.2, 0) is 0 Å². The summed E-state index contributed by atoms with van der Waals surface area (Å²) in [6.07, 6.45) is 3.41. The van der Waals surface area contributed by atoms with Gasteiger partial charge in [0.25, 0.3) is 0 Å². The number of fused-ring (bicyclic) bond motifs is 1. The van der Waals surface area contributed by atoms with Gasteiger partial charge in [0, 0.05) is 11.1 Å². The smallest absolute Gasteiger partial charge is 0.178 e. The van der Waals surface area contributed by atoms with E-state index in [1.165, 1.54) is 27.5 Å². The molecule has 4 heteroatoms. The highest BCUT2D eigenvalue weighted by Crippen LogP contribution is 2.33. The van der Waals surface area contributed by atoms with Gasteiger partial charge in [-0.1, -0.05) is 115 Å². The minimum Gasteiger partial charge on any atom is -0.342 e. The summed E-state index contributed by atoms with van der Waals surface area (Å²) in [6, 6.07) is 44.5. The summed E-state index contributed by atoms with van der Waals surface area (Å²) in [7, 11) is 0. The van der Waals surface area contributed by atoms with Gasteiger partial charge in [0.2, 0.25) is 0 Å². The van der Waals surface area contributed by atoms with Crippen molar-refractivity contribution in [3.05, 3.63) is 140 Å². The van der Waals surface area contributed by atoms with Crippen molar-refractivity contribution in [2.75, 3.05) is 0 Å². The summed E-state index contributed by atoms with van der Waals surface area (Å²) in [5, 5.41) is 2.46. The van der Waals surface area contributed by atoms with E-state index in [4.69, 9.17) is 9.97 Å². The van der Waals surface area contributed by atoms with Crippen LogP contribution in [0.1, 0.15) is 0 Å². The Kier molecular flexibility index (Phi) is 5.76. The molecule has 184 valence electrons. The maximum atomic E-state index is 4.95. The highest BCUT2D eigenvalue weighted by Gasteiger charge is 2.13. The molecule has 5 aromatic carbocycles. The van der Waals surface area contributed by atoms with E-state index >= 15 is 0 Å². The van der Waals surface area contributed by atoms with Gasteiger partial charge in [-0.3, -0.25) is 0 Å². The van der Waals surface area contributed by atoms with Gasteiger partial charge in [-0.2, -0.15) is 0 Å². The Bertz CT molecular complexity index is 1890. The van der Waals surface area contributed by atoms with Crippen LogP contribution in [0, 0.1) is 0 Å². The largest absolute Gasteiger partial charge is 0.342 e. The molecule has 0 radical (unpaired) electrons. The first-order valence-electron chi connectivity index (χ1n) is 12.9. The summed E-state index contributed by atoms with van der Waals surface area (Å²) in [4.78, 5) is 17.2. The molecule has 0 amide bonds. The first-order valence-corrected chi connectivity index (χ1v) is 12.9. The van der Waals surface area contributed by atoms with Crippen LogP contribution in [0.5, 0.6) is 0 Å². The molecule has 2 heterocycles. The van der Waals surface area contributed by atoms with Crippen molar-refractivity contribution in [1.29, 1.82) is 0 Å². The number of nitrogens with zero attached hydrogens (tertiary/aromatic N) is 3. The number of rotatable bonds is 5. The number of H-pyrrole nitrogens is 1. The highest BCUT2D eigenvalue weighted by atomic mass is 15.0. The average molecular weight is 501 g/mol. The van der Waals surface area contributed by atoms with Gasteiger partial charge in [0.1, 0.15) is 5.69 Å². The van der Waals surface area contributed by atoms with Gasteiger partial charge < -0.3 is 4.98 Å². The van der Waals surface area contributed by atoms with Crippen molar-refractivity contribution >= 4 is 10.8 Å². The minimum absolute atomic E-state index is 0.614. The van der Waals surface area contributed by atoms with Gasteiger partial charge in [-0.15, -0.1) is 0 Å². The fourth-order valence-electron chi connectivity index (χ4n) is 5.03. The first kappa shape index (κ1) is 22.8. The third-order valence-corrected chi connectivity index (χ3v) is 7.01. The normalized spacial score (nSPS) is 11.1. The Morgan fingerprint density at radius 3 is 1.95 bits per heavy atom. The molecule has 1 N–H and O–H groups in total. The van der Waals surface area contributed by atoms with E-state index in [0.717, 1.165) is 33.8 Å². The van der Waals surface area contributed by atoms with Crippen molar-refractivity contribution in [2.45, 2.75) is 0 Å². The van der Waals surface area contributed by atoms with Crippen molar-refractivity contribution in [3.63, 3.8) is 0 Å². The lowest BCUT2D eigenvalue weighted by Crippen LogP contribution is -1.96. The second-order valence-corrected chi connectivity index (χ2v) is 9.48. The number of nitrogens with one attached hydrogen (secondary N) is 1.